The molecule has 2 nitrogen and oxygen atoms in total. The average molecular weight is 315 g/mol. The molecule has 5 heteroatoms. The van der Waals surface area contributed by atoms with Crippen molar-refractivity contribution in [2.75, 3.05) is 5.32 Å². The lowest BCUT2D eigenvalue weighted by molar-refractivity contribution is -0.115. The summed E-state index contributed by atoms with van der Waals surface area (Å²) in [6.07, 6.45) is -0.000210. The van der Waals surface area contributed by atoms with E-state index in [1.54, 1.807) is 6.07 Å². The number of nitrogens with one attached hydrogen (secondary N) is 1. The fourth-order valence-corrected chi connectivity index (χ4v) is 2.44. The number of halogens is 3. The highest BCUT2D eigenvalue weighted by Crippen LogP contribution is 2.22. The van der Waals surface area contributed by atoms with Gasteiger partial charge in [0.25, 0.3) is 0 Å². The lowest BCUT2D eigenvalue weighted by Gasteiger charge is -2.09. The maximum atomic E-state index is 13.6. The first-order valence-electron chi connectivity index (χ1n) is 6.96. The molecule has 0 aliphatic rings. The van der Waals surface area contributed by atoms with Gasteiger partial charge in [0.05, 0.1) is 12.1 Å². The van der Waals surface area contributed by atoms with E-state index in [9.17, 15) is 18.0 Å². The van der Waals surface area contributed by atoms with Gasteiger partial charge in [-0.1, -0.05) is 42.5 Å². The summed E-state index contributed by atoms with van der Waals surface area (Å²) in [7, 11) is 0. The van der Waals surface area contributed by atoms with Gasteiger partial charge < -0.3 is 5.32 Å². The lowest BCUT2D eigenvalue weighted by Crippen LogP contribution is -2.16. The van der Waals surface area contributed by atoms with Crippen LogP contribution in [0.5, 0.6) is 0 Å². The first kappa shape index (κ1) is 15.1. The molecule has 3 aromatic carbocycles. The monoisotopic (exact) mass is 315 g/mol. The molecule has 23 heavy (non-hydrogen) atoms. The highest BCUT2D eigenvalue weighted by molar-refractivity contribution is 5.96. The number of benzene rings is 3. The predicted molar refractivity (Wildman–Crippen MR) is 82.6 cm³/mol. The van der Waals surface area contributed by atoms with Crippen LogP contribution < -0.4 is 5.32 Å². The van der Waals surface area contributed by atoms with Gasteiger partial charge in [-0.2, -0.15) is 0 Å². The number of amides is 1. The maximum Gasteiger partial charge on any atom is 0.228 e. The molecule has 0 spiro atoms. The van der Waals surface area contributed by atoms with Crippen molar-refractivity contribution in [2.24, 2.45) is 0 Å². The first-order chi connectivity index (χ1) is 11.1. The third-order valence-corrected chi connectivity index (χ3v) is 3.54. The Morgan fingerprint density at radius 3 is 2.43 bits per heavy atom. The predicted octanol–water partition coefficient (Wildman–Crippen LogP) is 4.44. The van der Waals surface area contributed by atoms with Crippen LogP contribution in [0.2, 0.25) is 0 Å². The number of fused-ring (bicyclic) bond motifs is 1. The summed E-state index contributed by atoms with van der Waals surface area (Å²) in [5.74, 6) is -4.81. The molecule has 0 saturated heterocycles. The Morgan fingerprint density at radius 2 is 1.61 bits per heavy atom. The summed E-state index contributed by atoms with van der Waals surface area (Å²) in [6.45, 7) is 0. The maximum absolute atomic E-state index is 13.6. The highest BCUT2D eigenvalue weighted by Gasteiger charge is 2.15. The summed E-state index contributed by atoms with van der Waals surface area (Å²) in [4.78, 5) is 12.1. The molecule has 1 amide bonds. The van der Waals surface area contributed by atoms with E-state index in [1.165, 1.54) is 0 Å². The molecule has 0 bridgehead atoms. The summed E-state index contributed by atoms with van der Waals surface area (Å²) in [5, 5.41) is 4.17. The van der Waals surface area contributed by atoms with Crippen LogP contribution in [0.15, 0.2) is 54.6 Å². The van der Waals surface area contributed by atoms with Gasteiger partial charge in [-0.3, -0.25) is 4.79 Å². The summed E-state index contributed by atoms with van der Waals surface area (Å²) in [6, 6.07) is 14.9. The van der Waals surface area contributed by atoms with Crippen LogP contribution in [0.4, 0.5) is 18.9 Å². The average Bonchev–Trinajstić information content (AvgIpc) is 2.56. The number of hydrogen-bond acceptors (Lipinski definition) is 1. The summed E-state index contributed by atoms with van der Waals surface area (Å²) in [5.41, 5.74) is 0.387. The molecule has 0 atom stereocenters. The van der Waals surface area contributed by atoms with Gasteiger partial charge in [0.15, 0.2) is 17.5 Å². The topological polar surface area (TPSA) is 29.1 Å². The minimum Gasteiger partial charge on any atom is -0.323 e. The molecule has 3 aromatic rings. The standard InChI is InChI=1S/C18H12F3NO/c19-14-8-9-15(18(21)17(14)20)22-16(23)10-12-6-3-5-11-4-1-2-7-13(11)12/h1-9H,10H2,(H,22,23). The number of carbonyl (C=O) groups is 1. The Bertz CT molecular complexity index is 887. The quantitative estimate of drug-likeness (QED) is 0.711. The molecule has 116 valence electrons. The van der Waals surface area contributed by atoms with Gasteiger partial charge in [-0.15, -0.1) is 0 Å². The van der Waals surface area contributed by atoms with Gasteiger partial charge in [0, 0.05) is 0 Å². The minimum absolute atomic E-state index is 0.000210. The van der Waals surface area contributed by atoms with Crippen molar-refractivity contribution < 1.29 is 18.0 Å². The third kappa shape index (κ3) is 3.04. The fourth-order valence-electron chi connectivity index (χ4n) is 2.44. The van der Waals surface area contributed by atoms with E-state index in [0.29, 0.717) is 0 Å². The Kier molecular flexibility index (Phi) is 4.02. The molecular weight excluding hydrogens is 303 g/mol. The molecule has 1 N–H and O–H groups in total. The van der Waals surface area contributed by atoms with Crippen LogP contribution in [0.3, 0.4) is 0 Å². The van der Waals surface area contributed by atoms with Crippen molar-refractivity contribution in [2.45, 2.75) is 6.42 Å². The molecular formula is C18H12F3NO. The number of anilines is 1. The zero-order chi connectivity index (χ0) is 16.4. The molecule has 0 fully saturated rings. The SMILES string of the molecule is O=C(Cc1cccc2ccccc12)Nc1ccc(F)c(F)c1F. The Balaban J connectivity index is 1.83. The second-order valence-corrected chi connectivity index (χ2v) is 5.09. The van der Waals surface area contributed by atoms with E-state index in [-0.39, 0.29) is 12.1 Å². The zero-order valence-electron chi connectivity index (χ0n) is 11.9. The first-order valence-corrected chi connectivity index (χ1v) is 6.96. The highest BCUT2D eigenvalue weighted by atomic mass is 19.2. The largest absolute Gasteiger partial charge is 0.323 e. The van der Waals surface area contributed by atoms with E-state index in [2.05, 4.69) is 5.32 Å². The van der Waals surface area contributed by atoms with E-state index in [1.807, 2.05) is 36.4 Å². The smallest absolute Gasteiger partial charge is 0.228 e. The molecule has 0 heterocycles. The van der Waals surface area contributed by atoms with Crippen LogP contribution in [-0.2, 0) is 11.2 Å². The van der Waals surface area contributed by atoms with Gasteiger partial charge in [-0.05, 0) is 28.5 Å². The van der Waals surface area contributed by atoms with E-state index >= 15 is 0 Å². The van der Waals surface area contributed by atoms with Crippen LogP contribution in [-0.4, -0.2) is 5.91 Å². The van der Waals surface area contributed by atoms with Gasteiger partial charge in [0.1, 0.15) is 0 Å². The molecule has 0 unspecified atom stereocenters. The van der Waals surface area contributed by atoms with Crippen LogP contribution >= 0.6 is 0 Å². The van der Waals surface area contributed by atoms with Crippen LogP contribution in [0.25, 0.3) is 10.8 Å². The molecule has 0 aliphatic carbocycles. The van der Waals surface area contributed by atoms with Crippen molar-refractivity contribution in [3.63, 3.8) is 0 Å². The van der Waals surface area contributed by atoms with Crippen molar-refractivity contribution in [1.29, 1.82) is 0 Å². The van der Waals surface area contributed by atoms with E-state index < -0.39 is 23.4 Å². The van der Waals surface area contributed by atoms with Crippen LogP contribution in [0.1, 0.15) is 5.56 Å². The third-order valence-electron chi connectivity index (χ3n) is 3.54. The number of rotatable bonds is 3. The minimum atomic E-state index is -1.60. The van der Waals surface area contributed by atoms with Crippen molar-refractivity contribution in [3.05, 3.63) is 77.6 Å². The van der Waals surface area contributed by atoms with E-state index in [4.69, 9.17) is 0 Å². The summed E-state index contributed by atoms with van der Waals surface area (Å²) < 4.78 is 39.7. The van der Waals surface area contributed by atoms with Crippen LogP contribution in [0, 0.1) is 17.5 Å². The summed E-state index contributed by atoms with van der Waals surface area (Å²) >= 11 is 0. The molecule has 0 radical (unpaired) electrons. The van der Waals surface area contributed by atoms with Crippen molar-refractivity contribution in [1.82, 2.24) is 0 Å². The zero-order valence-corrected chi connectivity index (χ0v) is 11.9. The molecule has 3 rings (SSSR count). The Labute approximate surface area is 130 Å². The normalized spacial score (nSPS) is 10.7. The molecule has 0 aromatic heterocycles. The molecule has 0 aliphatic heterocycles. The fraction of sp³-hybridized carbons (Fsp3) is 0.0556. The molecule has 0 saturated carbocycles. The van der Waals surface area contributed by atoms with Gasteiger partial charge in [-0.25, -0.2) is 13.2 Å². The second-order valence-electron chi connectivity index (χ2n) is 5.09. The van der Waals surface area contributed by atoms with Crippen molar-refractivity contribution in [3.8, 4) is 0 Å². The van der Waals surface area contributed by atoms with Gasteiger partial charge in [0.2, 0.25) is 5.91 Å². The number of carbonyl (C=O) groups excluding carboxylic acids is 1. The van der Waals surface area contributed by atoms with Gasteiger partial charge >= 0.3 is 0 Å². The Hall–Kier alpha value is -2.82. The second kappa shape index (κ2) is 6.12. The number of hydrogen-bond donors (Lipinski definition) is 1. The Morgan fingerprint density at radius 1 is 0.870 bits per heavy atom. The lowest BCUT2D eigenvalue weighted by atomic mass is 10.0. The van der Waals surface area contributed by atoms with E-state index in [0.717, 1.165) is 28.5 Å². The van der Waals surface area contributed by atoms with Crippen molar-refractivity contribution >= 4 is 22.4 Å².